The molecule has 0 aliphatic carbocycles. The third kappa shape index (κ3) is 2.74. The van der Waals surface area contributed by atoms with Crippen LogP contribution >= 0.6 is 0 Å². The van der Waals surface area contributed by atoms with Crippen LogP contribution in [0.15, 0.2) is 29.3 Å². The third-order valence-corrected chi connectivity index (χ3v) is 2.77. The summed E-state index contributed by atoms with van der Waals surface area (Å²) >= 11 is 0. The van der Waals surface area contributed by atoms with Crippen LogP contribution in [0.5, 0.6) is 0 Å². The molecule has 0 aromatic heterocycles. The second kappa shape index (κ2) is 5.64. The molecule has 1 heterocycles. The zero-order chi connectivity index (χ0) is 14.7. The summed E-state index contributed by atoms with van der Waals surface area (Å²) in [6, 6.07) is 7.19. The molecule has 0 spiro atoms. The minimum Gasteiger partial charge on any atom is -0.449 e. The highest BCUT2D eigenvalue weighted by Gasteiger charge is 2.40. The van der Waals surface area contributed by atoms with Crippen LogP contribution in [0.3, 0.4) is 0 Å². The monoisotopic (exact) mass is 274 g/mol. The van der Waals surface area contributed by atoms with Crippen LogP contribution in [0, 0.1) is 6.92 Å². The van der Waals surface area contributed by atoms with E-state index >= 15 is 0 Å². The number of amides is 3. The van der Waals surface area contributed by atoms with E-state index in [1.165, 1.54) is 0 Å². The fourth-order valence-corrected chi connectivity index (χ4v) is 1.78. The van der Waals surface area contributed by atoms with E-state index in [0.717, 1.165) is 5.56 Å². The number of hydrogen-bond donors (Lipinski definition) is 0. The molecule has 20 heavy (non-hydrogen) atoms. The van der Waals surface area contributed by atoms with Crippen molar-refractivity contribution in [3.63, 3.8) is 0 Å². The van der Waals surface area contributed by atoms with E-state index in [1.54, 1.807) is 19.1 Å². The molecule has 1 aliphatic rings. The second-order valence-corrected chi connectivity index (χ2v) is 4.30. The van der Waals surface area contributed by atoms with Crippen molar-refractivity contribution >= 4 is 29.3 Å². The maximum Gasteiger partial charge on any atom is 0.423 e. The zero-order valence-electron chi connectivity index (χ0n) is 11.3. The summed E-state index contributed by atoms with van der Waals surface area (Å²) in [7, 11) is 0. The molecule has 0 radical (unpaired) electrons. The van der Waals surface area contributed by atoms with Crippen LogP contribution in [0.2, 0.25) is 0 Å². The predicted octanol–water partition coefficient (Wildman–Crippen LogP) is 1.98. The Labute approximate surface area is 116 Å². The summed E-state index contributed by atoms with van der Waals surface area (Å²) in [5.74, 6) is -1.33. The van der Waals surface area contributed by atoms with Crippen molar-refractivity contribution in [2.45, 2.75) is 20.3 Å². The Morgan fingerprint density at radius 1 is 1.30 bits per heavy atom. The highest BCUT2D eigenvalue weighted by Crippen LogP contribution is 2.18. The summed E-state index contributed by atoms with van der Waals surface area (Å²) in [6.07, 6.45) is -1.14. The first kappa shape index (κ1) is 13.9. The molecule has 0 atom stereocenters. The van der Waals surface area contributed by atoms with Gasteiger partial charge in [-0.2, -0.15) is 4.90 Å². The van der Waals surface area contributed by atoms with Crippen molar-refractivity contribution in [1.82, 2.24) is 4.90 Å². The number of nitrogens with zero attached hydrogens (tertiary/aromatic N) is 2. The Balaban J connectivity index is 2.23. The lowest BCUT2D eigenvalue weighted by molar-refractivity contribution is -0.134. The standard InChI is InChI=1S/C14H14N2O4/c1-3-20-14(19)16-12(17)8-11(13(16)18)15-10-6-4-9(2)5-7-10/h4-7H,3,8H2,1-2H3. The topological polar surface area (TPSA) is 76.0 Å². The molecule has 2 rings (SSSR count). The average molecular weight is 274 g/mol. The van der Waals surface area contributed by atoms with Gasteiger partial charge < -0.3 is 4.74 Å². The van der Waals surface area contributed by atoms with E-state index in [9.17, 15) is 14.4 Å². The lowest BCUT2D eigenvalue weighted by atomic mass is 10.2. The Kier molecular flexibility index (Phi) is 3.93. The number of ether oxygens (including phenoxy) is 1. The molecule has 1 aliphatic heterocycles. The number of rotatable bonds is 2. The van der Waals surface area contributed by atoms with Crippen molar-refractivity contribution in [3.05, 3.63) is 29.8 Å². The average Bonchev–Trinajstić information content (AvgIpc) is 2.67. The number of hydrogen-bond acceptors (Lipinski definition) is 5. The highest BCUT2D eigenvalue weighted by atomic mass is 16.6. The van der Waals surface area contributed by atoms with Crippen molar-refractivity contribution in [3.8, 4) is 0 Å². The predicted molar refractivity (Wildman–Crippen MR) is 71.8 cm³/mol. The molecule has 6 heteroatoms. The van der Waals surface area contributed by atoms with Gasteiger partial charge in [0.2, 0.25) is 5.91 Å². The van der Waals surface area contributed by atoms with Crippen molar-refractivity contribution in [2.24, 2.45) is 4.99 Å². The number of aryl methyl sites for hydroxylation is 1. The number of carbonyl (C=O) groups is 3. The number of likely N-dealkylation sites (tertiary alicyclic amines) is 1. The van der Waals surface area contributed by atoms with Crippen molar-refractivity contribution < 1.29 is 19.1 Å². The smallest absolute Gasteiger partial charge is 0.423 e. The maximum atomic E-state index is 12.0. The Morgan fingerprint density at radius 3 is 2.55 bits per heavy atom. The lowest BCUT2D eigenvalue weighted by Crippen LogP contribution is -2.37. The van der Waals surface area contributed by atoms with Gasteiger partial charge in [0, 0.05) is 0 Å². The molecule has 104 valence electrons. The van der Waals surface area contributed by atoms with Crippen LogP contribution in [0.1, 0.15) is 18.9 Å². The van der Waals surface area contributed by atoms with Gasteiger partial charge in [-0.1, -0.05) is 17.7 Å². The molecular weight excluding hydrogens is 260 g/mol. The SMILES string of the molecule is CCOC(=O)N1C(=O)CC(=Nc2ccc(C)cc2)C1=O. The van der Waals surface area contributed by atoms with Gasteiger partial charge in [-0.15, -0.1) is 0 Å². The maximum absolute atomic E-state index is 12.0. The first-order valence-corrected chi connectivity index (χ1v) is 6.21. The Bertz CT molecular complexity index is 590. The van der Waals surface area contributed by atoms with E-state index < -0.39 is 17.9 Å². The van der Waals surface area contributed by atoms with Crippen molar-refractivity contribution in [1.29, 1.82) is 0 Å². The van der Waals surface area contributed by atoms with Crippen molar-refractivity contribution in [2.75, 3.05) is 6.61 Å². The minimum absolute atomic E-state index is 0.0481. The van der Waals surface area contributed by atoms with Gasteiger partial charge >= 0.3 is 6.09 Å². The molecule has 1 aromatic carbocycles. The van der Waals surface area contributed by atoms with Crippen LogP contribution in [-0.2, 0) is 14.3 Å². The lowest BCUT2D eigenvalue weighted by Gasteiger charge is -2.09. The highest BCUT2D eigenvalue weighted by molar-refractivity contribution is 6.51. The van der Waals surface area contributed by atoms with E-state index in [1.807, 2.05) is 19.1 Å². The van der Waals surface area contributed by atoms with Crippen LogP contribution in [-0.4, -0.2) is 35.1 Å². The number of carbonyl (C=O) groups excluding carboxylic acids is 3. The molecule has 1 saturated heterocycles. The summed E-state index contributed by atoms with van der Waals surface area (Å²) in [5, 5.41) is 0. The minimum atomic E-state index is -0.948. The molecule has 3 amide bonds. The zero-order valence-corrected chi connectivity index (χ0v) is 11.3. The third-order valence-electron chi connectivity index (χ3n) is 2.77. The van der Waals surface area contributed by atoms with E-state index in [-0.39, 0.29) is 18.7 Å². The number of aliphatic imine (C=N–C) groups is 1. The van der Waals surface area contributed by atoms with Gasteiger partial charge in [0.1, 0.15) is 5.71 Å². The van der Waals surface area contributed by atoms with Gasteiger partial charge in [0.15, 0.2) is 0 Å². The molecular formula is C14H14N2O4. The first-order valence-electron chi connectivity index (χ1n) is 6.21. The quantitative estimate of drug-likeness (QED) is 0.773. The molecule has 0 N–H and O–H groups in total. The largest absolute Gasteiger partial charge is 0.449 e. The molecule has 1 fully saturated rings. The molecule has 0 saturated carbocycles. The van der Waals surface area contributed by atoms with E-state index in [4.69, 9.17) is 0 Å². The molecule has 0 unspecified atom stereocenters. The fraction of sp³-hybridized carbons (Fsp3) is 0.286. The second-order valence-electron chi connectivity index (χ2n) is 4.30. The van der Waals surface area contributed by atoms with Gasteiger partial charge in [-0.3, -0.25) is 9.59 Å². The fourth-order valence-electron chi connectivity index (χ4n) is 1.78. The van der Waals surface area contributed by atoms with Gasteiger partial charge in [0.25, 0.3) is 5.91 Å². The summed E-state index contributed by atoms with van der Waals surface area (Å²) in [5.41, 5.74) is 1.68. The van der Waals surface area contributed by atoms with E-state index in [0.29, 0.717) is 10.6 Å². The van der Waals surface area contributed by atoms with Crippen LogP contribution in [0.4, 0.5) is 10.5 Å². The van der Waals surface area contributed by atoms with Crippen LogP contribution < -0.4 is 0 Å². The molecule has 6 nitrogen and oxygen atoms in total. The number of imide groups is 3. The summed E-state index contributed by atoms with van der Waals surface area (Å²) < 4.78 is 4.67. The molecule has 1 aromatic rings. The number of benzene rings is 1. The van der Waals surface area contributed by atoms with E-state index in [2.05, 4.69) is 9.73 Å². The van der Waals surface area contributed by atoms with Gasteiger partial charge in [-0.05, 0) is 26.0 Å². The van der Waals surface area contributed by atoms with Gasteiger partial charge in [0.05, 0.1) is 18.7 Å². The first-order chi connectivity index (χ1) is 9.52. The Hall–Kier alpha value is -2.50. The summed E-state index contributed by atoms with van der Waals surface area (Å²) in [4.78, 5) is 39.8. The normalized spacial score (nSPS) is 16.9. The summed E-state index contributed by atoms with van der Waals surface area (Å²) in [6.45, 7) is 3.63. The van der Waals surface area contributed by atoms with Gasteiger partial charge in [-0.25, -0.2) is 9.79 Å². The van der Waals surface area contributed by atoms with Crippen LogP contribution in [0.25, 0.3) is 0 Å². The Morgan fingerprint density at radius 2 is 1.95 bits per heavy atom. The molecule has 0 bridgehead atoms.